The topological polar surface area (TPSA) is 66.9 Å². The molecule has 2 aromatic rings. The molecule has 1 aromatic heterocycles. The first kappa shape index (κ1) is 16.4. The lowest BCUT2D eigenvalue weighted by Crippen LogP contribution is -2.18. The van der Waals surface area contributed by atoms with Crippen LogP contribution in [-0.2, 0) is 0 Å². The molecule has 1 aromatic carbocycles. The Morgan fingerprint density at radius 1 is 1.21 bits per heavy atom. The predicted molar refractivity (Wildman–Crippen MR) is 96.6 cm³/mol. The van der Waals surface area contributed by atoms with E-state index in [2.05, 4.69) is 40.5 Å². The summed E-state index contributed by atoms with van der Waals surface area (Å²) in [4.78, 5) is 21.5. The number of carbonyl (C=O) groups is 1. The van der Waals surface area contributed by atoms with E-state index in [1.807, 2.05) is 26.0 Å². The molecule has 24 heavy (non-hydrogen) atoms. The minimum atomic E-state index is -0.199. The van der Waals surface area contributed by atoms with Crippen LogP contribution in [0.5, 0.6) is 0 Å². The third kappa shape index (κ3) is 3.72. The van der Waals surface area contributed by atoms with Crippen molar-refractivity contribution in [1.82, 2.24) is 9.97 Å². The summed E-state index contributed by atoms with van der Waals surface area (Å²) in [5.74, 6) is 0.673. The number of para-hydroxylation sites is 1. The van der Waals surface area contributed by atoms with Crippen molar-refractivity contribution >= 4 is 17.5 Å². The molecule has 1 fully saturated rings. The number of hydrogen-bond acceptors (Lipinski definition) is 4. The molecular weight excluding hydrogens is 300 g/mol. The Morgan fingerprint density at radius 3 is 2.62 bits per heavy atom. The van der Waals surface area contributed by atoms with Crippen molar-refractivity contribution in [2.75, 3.05) is 10.6 Å². The smallest absolute Gasteiger partial charge is 0.274 e. The van der Waals surface area contributed by atoms with E-state index in [4.69, 9.17) is 0 Å². The number of amides is 1. The molecule has 1 heterocycles. The summed E-state index contributed by atoms with van der Waals surface area (Å²) in [6, 6.07) is 8.26. The molecule has 3 rings (SSSR count). The SMILES string of the molecule is Cc1cc(C(=O)Nc2c(C)cccc2C(C)C)nc(NC2CC2)n1. The summed E-state index contributed by atoms with van der Waals surface area (Å²) in [6.07, 6.45) is 2.28. The summed E-state index contributed by atoms with van der Waals surface area (Å²) in [5, 5.41) is 6.30. The maximum atomic E-state index is 12.7. The Morgan fingerprint density at radius 2 is 1.96 bits per heavy atom. The molecule has 5 heteroatoms. The van der Waals surface area contributed by atoms with Crippen LogP contribution >= 0.6 is 0 Å². The van der Waals surface area contributed by atoms with Crippen molar-refractivity contribution in [3.8, 4) is 0 Å². The number of nitrogens with one attached hydrogen (secondary N) is 2. The number of hydrogen-bond donors (Lipinski definition) is 2. The maximum absolute atomic E-state index is 12.7. The second-order valence-electron chi connectivity index (χ2n) is 6.78. The van der Waals surface area contributed by atoms with Crippen LogP contribution in [0.1, 0.15) is 59.9 Å². The number of anilines is 2. The number of rotatable bonds is 5. The van der Waals surface area contributed by atoms with E-state index < -0.39 is 0 Å². The number of aromatic nitrogens is 2. The summed E-state index contributed by atoms with van der Waals surface area (Å²) >= 11 is 0. The van der Waals surface area contributed by atoms with Gasteiger partial charge in [0, 0.05) is 17.4 Å². The van der Waals surface area contributed by atoms with E-state index in [-0.39, 0.29) is 5.91 Å². The fourth-order valence-electron chi connectivity index (χ4n) is 2.68. The van der Waals surface area contributed by atoms with Gasteiger partial charge in [0.25, 0.3) is 5.91 Å². The zero-order valence-corrected chi connectivity index (χ0v) is 14.7. The van der Waals surface area contributed by atoms with E-state index in [1.54, 1.807) is 6.07 Å². The summed E-state index contributed by atoms with van der Waals surface area (Å²) < 4.78 is 0. The predicted octanol–water partition coefficient (Wildman–Crippen LogP) is 4.04. The largest absolute Gasteiger partial charge is 0.351 e. The van der Waals surface area contributed by atoms with Crippen LogP contribution in [-0.4, -0.2) is 21.9 Å². The van der Waals surface area contributed by atoms with Crippen molar-refractivity contribution in [1.29, 1.82) is 0 Å². The minimum Gasteiger partial charge on any atom is -0.351 e. The van der Waals surface area contributed by atoms with E-state index in [0.717, 1.165) is 35.3 Å². The number of nitrogens with zero attached hydrogens (tertiary/aromatic N) is 2. The number of benzene rings is 1. The molecule has 0 aliphatic heterocycles. The quantitative estimate of drug-likeness (QED) is 0.871. The third-order valence-corrected chi connectivity index (χ3v) is 4.16. The molecule has 1 amide bonds. The fraction of sp³-hybridized carbons (Fsp3) is 0.421. The van der Waals surface area contributed by atoms with Gasteiger partial charge in [-0.05, 0) is 49.8 Å². The Labute approximate surface area is 142 Å². The molecule has 0 bridgehead atoms. The first-order chi connectivity index (χ1) is 11.4. The molecule has 2 N–H and O–H groups in total. The van der Waals surface area contributed by atoms with Gasteiger partial charge in [-0.2, -0.15) is 0 Å². The van der Waals surface area contributed by atoms with Crippen LogP contribution in [0.15, 0.2) is 24.3 Å². The second kappa shape index (κ2) is 6.59. The van der Waals surface area contributed by atoms with Gasteiger partial charge < -0.3 is 10.6 Å². The van der Waals surface area contributed by atoms with Gasteiger partial charge in [-0.1, -0.05) is 32.0 Å². The van der Waals surface area contributed by atoms with E-state index in [9.17, 15) is 4.79 Å². The lowest BCUT2D eigenvalue weighted by Gasteiger charge is -2.16. The highest BCUT2D eigenvalue weighted by atomic mass is 16.1. The van der Waals surface area contributed by atoms with Crippen LogP contribution in [0.2, 0.25) is 0 Å². The molecule has 1 saturated carbocycles. The molecule has 1 aliphatic rings. The van der Waals surface area contributed by atoms with Crippen molar-refractivity contribution in [3.63, 3.8) is 0 Å². The molecular formula is C19H24N4O. The lowest BCUT2D eigenvalue weighted by atomic mass is 9.98. The Kier molecular flexibility index (Phi) is 4.51. The van der Waals surface area contributed by atoms with Gasteiger partial charge in [-0.25, -0.2) is 9.97 Å². The van der Waals surface area contributed by atoms with Crippen LogP contribution in [0, 0.1) is 13.8 Å². The van der Waals surface area contributed by atoms with Gasteiger partial charge in [-0.3, -0.25) is 4.79 Å². The number of aryl methyl sites for hydroxylation is 2. The highest BCUT2D eigenvalue weighted by Crippen LogP contribution is 2.28. The molecule has 5 nitrogen and oxygen atoms in total. The Hall–Kier alpha value is -2.43. The minimum absolute atomic E-state index is 0.199. The average Bonchev–Trinajstić information content (AvgIpc) is 3.32. The Balaban J connectivity index is 1.86. The zero-order chi connectivity index (χ0) is 17.3. The fourth-order valence-corrected chi connectivity index (χ4v) is 2.68. The van der Waals surface area contributed by atoms with Crippen LogP contribution < -0.4 is 10.6 Å². The summed E-state index contributed by atoms with van der Waals surface area (Å²) in [7, 11) is 0. The summed E-state index contributed by atoms with van der Waals surface area (Å²) in [6.45, 7) is 8.13. The van der Waals surface area contributed by atoms with E-state index >= 15 is 0 Å². The monoisotopic (exact) mass is 324 g/mol. The highest BCUT2D eigenvalue weighted by Gasteiger charge is 2.23. The van der Waals surface area contributed by atoms with Gasteiger partial charge in [0.2, 0.25) is 5.95 Å². The first-order valence-electron chi connectivity index (χ1n) is 8.47. The van der Waals surface area contributed by atoms with Crippen molar-refractivity contribution < 1.29 is 4.79 Å². The van der Waals surface area contributed by atoms with Gasteiger partial charge in [0.1, 0.15) is 5.69 Å². The molecule has 0 unspecified atom stereocenters. The third-order valence-electron chi connectivity index (χ3n) is 4.16. The summed E-state index contributed by atoms with van der Waals surface area (Å²) in [5.41, 5.74) is 4.24. The lowest BCUT2D eigenvalue weighted by molar-refractivity contribution is 0.102. The van der Waals surface area contributed by atoms with Crippen molar-refractivity contribution in [3.05, 3.63) is 46.8 Å². The molecule has 0 saturated heterocycles. The van der Waals surface area contributed by atoms with Gasteiger partial charge in [-0.15, -0.1) is 0 Å². The second-order valence-corrected chi connectivity index (χ2v) is 6.78. The Bertz CT molecular complexity index is 766. The molecule has 0 radical (unpaired) electrons. The van der Waals surface area contributed by atoms with Gasteiger partial charge in [0.15, 0.2) is 0 Å². The maximum Gasteiger partial charge on any atom is 0.274 e. The normalized spacial score (nSPS) is 13.9. The van der Waals surface area contributed by atoms with Gasteiger partial charge >= 0.3 is 0 Å². The molecule has 126 valence electrons. The zero-order valence-electron chi connectivity index (χ0n) is 14.7. The van der Waals surface area contributed by atoms with Crippen LogP contribution in [0.4, 0.5) is 11.6 Å². The van der Waals surface area contributed by atoms with E-state index in [1.165, 1.54) is 0 Å². The number of carbonyl (C=O) groups excluding carboxylic acids is 1. The van der Waals surface area contributed by atoms with Crippen molar-refractivity contribution in [2.24, 2.45) is 0 Å². The van der Waals surface area contributed by atoms with E-state index in [0.29, 0.717) is 23.6 Å². The molecule has 1 aliphatic carbocycles. The highest BCUT2D eigenvalue weighted by molar-refractivity contribution is 6.04. The van der Waals surface area contributed by atoms with Crippen LogP contribution in [0.25, 0.3) is 0 Å². The first-order valence-corrected chi connectivity index (χ1v) is 8.47. The van der Waals surface area contributed by atoms with Crippen LogP contribution in [0.3, 0.4) is 0 Å². The van der Waals surface area contributed by atoms with Gasteiger partial charge in [0.05, 0.1) is 0 Å². The molecule has 0 spiro atoms. The molecule has 0 atom stereocenters. The average molecular weight is 324 g/mol. The standard InChI is InChI=1S/C19H24N4O/c1-11(2)15-7-5-6-12(3)17(15)23-18(24)16-10-13(4)20-19(22-16)21-14-8-9-14/h5-7,10-11,14H,8-9H2,1-4H3,(H,23,24)(H,20,21,22). The van der Waals surface area contributed by atoms with Crippen molar-refractivity contribution in [2.45, 2.75) is 52.5 Å².